The molecule has 0 bridgehead atoms. The molecule has 3 rings (SSSR count). The number of thioether (sulfide) groups is 1. The summed E-state index contributed by atoms with van der Waals surface area (Å²) in [6.45, 7) is 4.77. The number of aryl methyl sites for hydroxylation is 1. The van der Waals surface area contributed by atoms with E-state index in [1.165, 1.54) is 59.9 Å². The van der Waals surface area contributed by atoms with Crippen LogP contribution in [0.25, 0.3) is 0 Å². The molecule has 0 fully saturated rings. The van der Waals surface area contributed by atoms with Crippen molar-refractivity contribution >= 4 is 39.8 Å². The van der Waals surface area contributed by atoms with Gasteiger partial charge in [-0.1, -0.05) is 53.8 Å². The smallest absolute Gasteiger partial charge is 0.233 e. The second-order valence-corrected chi connectivity index (χ2v) is 9.52. The molecule has 1 heterocycles. The van der Waals surface area contributed by atoms with E-state index in [0.717, 1.165) is 28.0 Å². The Labute approximate surface area is 175 Å². The Hall–Kier alpha value is -1.86. The fourth-order valence-corrected chi connectivity index (χ4v) is 5.02. The number of aromatic nitrogens is 2. The zero-order valence-electron chi connectivity index (χ0n) is 16.5. The van der Waals surface area contributed by atoms with Gasteiger partial charge in [0, 0.05) is 12.2 Å². The lowest BCUT2D eigenvalue weighted by Gasteiger charge is -2.14. The molecule has 5 nitrogen and oxygen atoms in total. The summed E-state index contributed by atoms with van der Waals surface area (Å²) in [6.07, 6.45) is 9.27. The van der Waals surface area contributed by atoms with Crippen LogP contribution in [0.3, 0.4) is 0 Å². The quantitative estimate of drug-likeness (QED) is 0.427. The zero-order chi connectivity index (χ0) is 19.8. The van der Waals surface area contributed by atoms with Gasteiger partial charge in [-0.3, -0.25) is 4.79 Å². The molecule has 0 unspecified atom stereocenters. The van der Waals surface area contributed by atoms with Crippen LogP contribution in [-0.2, 0) is 11.2 Å². The van der Waals surface area contributed by atoms with Crippen molar-refractivity contribution in [3.05, 3.63) is 41.5 Å². The van der Waals surface area contributed by atoms with Gasteiger partial charge in [-0.2, -0.15) is 0 Å². The zero-order valence-corrected chi connectivity index (χ0v) is 18.2. The van der Waals surface area contributed by atoms with E-state index in [0.29, 0.717) is 6.54 Å². The Balaban J connectivity index is 1.43. The summed E-state index contributed by atoms with van der Waals surface area (Å²) in [4.78, 5) is 12.3. The van der Waals surface area contributed by atoms with Crippen LogP contribution in [-0.4, -0.2) is 27.9 Å². The van der Waals surface area contributed by atoms with Crippen molar-refractivity contribution in [3.63, 3.8) is 0 Å². The van der Waals surface area contributed by atoms with Crippen LogP contribution in [0.5, 0.6) is 0 Å². The normalized spacial score (nSPS) is 15.0. The molecule has 0 radical (unpaired) electrons. The first-order valence-electron chi connectivity index (χ1n) is 9.96. The number of carbonyl (C=O) groups excluding carboxylic acids is 1. The van der Waals surface area contributed by atoms with Crippen molar-refractivity contribution in [2.75, 3.05) is 11.9 Å². The molecule has 1 atom stereocenters. The molecule has 0 saturated carbocycles. The maximum absolute atomic E-state index is 12.3. The van der Waals surface area contributed by atoms with E-state index in [4.69, 9.17) is 0 Å². The number of anilines is 2. The largest absolute Gasteiger partial charge is 0.355 e. The first-order chi connectivity index (χ1) is 13.6. The van der Waals surface area contributed by atoms with Crippen LogP contribution in [0.4, 0.5) is 10.8 Å². The molecule has 1 aromatic carbocycles. The number of benzene rings is 1. The van der Waals surface area contributed by atoms with Crippen LogP contribution >= 0.6 is 23.1 Å². The summed E-state index contributed by atoms with van der Waals surface area (Å²) in [5.74, 6) is 0.0567. The molecule has 28 heavy (non-hydrogen) atoms. The molecule has 0 saturated heterocycles. The van der Waals surface area contributed by atoms with E-state index in [1.807, 2.05) is 19.1 Å². The van der Waals surface area contributed by atoms with Crippen LogP contribution in [0.1, 0.15) is 51.5 Å². The van der Waals surface area contributed by atoms with Crippen LogP contribution in [0.15, 0.2) is 40.3 Å². The van der Waals surface area contributed by atoms with Crippen molar-refractivity contribution in [2.45, 2.75) is 62.0 Å². The number of hydrogen-bond donors (Lipinski definition) is 2. The van der Waals surface area contributed by atoms with Crippen LogP contribution in [0, 0.1) is 0 Å². The van der Waals surface area contributed by atoms with Crippen molar-refractivity contribution in [2.24, 2.45) is 0 Å². The van der Waals surface area contributed by atoms with Gasteiger partial charge in [-0.25, -0.2) is 0 Å². The number of carbonyl (C=O) groups is 1. The fraction of sp³-hybridized carbons (Fsp3) is 0.476. The summed E-state index contributed by atoms with van der Waals surface area (Å²) in [5, 5.41) is 15.3. The van der Waals surface area contributed by atoms with Gasteiger partial charge in [-0.15, -0.1) is 10.2 Å². The molecule has 150 valence electrons. The van der Waals surface area contributed by atoms with Gasteiger partial charge in [0.25, 0.3) is 0 Å². The Morgan fingerprint density at radius 3 is 2.79 bits per heavy atom. The third-order valence-corrected chi connectivity index (χ3v) is 6.82. The molecule has 2 aromatic rings. The molecule has 0 aliphatic heterocycles. The Morgan fingerprint density at radius 1 is 1.25 bits per heavy atom. The molecular formula is C21H28N4OS2. The van der Waals surface area contributed by atoms with Gasteiger partial charge in [0.05, 0.1) is 5.25 Å². The van der Waals surface area contributed by atoms with Crippen LogP contribution in [0.2, 0.25) is 0 Å². The minimum Gasteiger partial charge on any atom is -0.355 e. The van der Waals surface area contributed by atoms with Crippen LogP contribution < -0.4 is 10.6 Å². The molecule has 7 heteroatoms. The average molecular weight is 417 g/mol. The summed E-state index contributed by atoms with van der Waals surface area (Å²) in [5.41, 5.74) is 3.78. The first kappa shape index (κ1) is 20.9. The van der Waals surface area contributed by atoms with Crippen molar-refractivity contribution in [1.29, 1.82) is 0 Å². The highest BCUT2D eigenvalue weighted by Crippen LogP contribution is 2.30. The first-order valence-corrected chi connectivity index (χ1v) is 11.7. The van der Waals surface area contributed by atoms with Crippen molar-refractivity contribution < 1.29 is 4.79 Å². The summed E-state index contributed by atoms with van der Waals surface area (Å²) < 4.78 is 0.797. The molecule has 1 amide bonds. The molecule has 2 N–H and O–H groups in total. The van der Waals surface area contributed by atoms with E-state index < -0.39 is 0 Å². The standard InChI is InChI=1S/C21H28N4OS2/c1-3-16-9-11-18(12-10-16)23-20-24-25-21(28-20)27-15(2)19(26)22-14-13-17-7-5-4-6-8-17/h7,9-12,15H,3-6,8,13-14H2,1-2H3,(H,22,26)(H,23,24)/t15-/m1/s1. The number of nitrogens with one attached hydrogen (secondary N) is 2. The number of allylic oxidation sites excluding steroid dienone is 1. The number of hydrogen-bond acceptors (Lipinski definition) is 6. The second kappa shape index (κ2) is 10.6. The average Bonchev–Trinajstić information content (AvgIpc) is 3.16. The maximum Gasteiger partial charge on any atom is 0.233 e. The van der Waals surface area contributed by atoms with Gasteiger partial charge in [0.2, 0.25) is 11.0 Å². The topological polar surface area (TPSA) is 66.9 Å². The number of nitrogens with zero attached hydrogens (tertiary/aromatic N) is 2. The number of rotatable bonds is 9. The lowest BCUT2D eigenvalue weighted by atomic mass is 9.97. The highest BCUT2D eigenvalue weighted by molar-refractivity contribution is 8.02. The minimum atomic E-state index is -0.190. The predicted octanol–water partition coefficient (Wildman–Crippen LogP) is 5.33. The van der Waals surface area contributed by atoms with E-state index >= 15 is 0 Å². The summed E-state index contributed by atoms with van der Waals surface area (Å²) in [6, 6.07) is 8.30. The van der Waals surface area contributed by atoms with Gasteiger partial charge < -0.3 is 10.6 Å². The predicted molar refractivity (Wildman–Crippen MR) is 119 cm³/mol. The van der Waals surface area contributed by atoms with Gasteiger partial charge in [0.1, 0.15) is 0 Å². The van der Waals surface area contributed by atoms with E-state index in [1.54, 1.807) is 0 Å². The van der Waals surface area contributed by atoms with Gasteiger partial charge in [0.15, 0.2) is 4.34 Å². The second-order valence-electron chi connectivity index (χ2n) is 6.96. The van der Waals surface area contributed by atoms with Crippen molar-refractivity contribution in [1.82, 2.24) is 15.5 Å². The lowest BCUT2D eigenvalue weighted by Crippen LogP contribution is -2.31. The van der Waals surface area contributed by atoms with E-state index in [9.17, 15) is 4.79 Å². The Morgan fingerprint density at radius 2 is 2.07 bits per heavy atom. The molecule has 1 aliphatic rings. The third-order valence-electron chi connectivity index (χ3n) is 4.80. The van der Waals surface area contributed by atoms with E-state index in [-0.39, 0.29) is 11.2 Å². The fourth-order valence-electron chi connectivity index (χ4n) is 3.08. The van der Waals surface area contributed by atoms with E-state index in [2.05, 4.69) is 46.0 Å². The highest BCUT2D eigenvalue weighted by atomic mass is 32.2. The Bertz CT molecular complexity index is 801. The number of amides is 1. The van der Waals surface area contributed by atoms with Crippen molar-refractivity contribution in [3.8, 4) is 0 Å². The Kier molecular flexibility index (Phi) is 7.91. The molecule has 0 spiro atoms. The maximum atomic E-state index is 12.3. The SMILES string of the molecule is CCc1ccc(Nc2nnc(S[C@H](C)C(=O)NCCC3=CCCCC3)s2)cc1. The summed E-state index contributed by atoms with van der Waals surface area (Å²) >= 11 is 2.92. The van der Waals surface area contributed by atoms with Gasteiger partial charge in [-0.05, 0) is 63.1 Å². The third kappa shape index (κ3) is 6.34. The minimum absolute atomic E-state index is 0.0567. The van der Waals surface area contributed by atoms with Gasteiger partial charge >= 0.3 is 0 Å². The molecule has 1 aliphatic carbocycles. The highest BCUT2D eigenvalue weighted by Gasteiger charge is 2.17. The molecule has 1 aromatic heterocycles. The summed E-state index contributed by atoms with van der Waals surface area (Å²) in [7, 11) is 0. The monoisotopic (exact) mass is 416 g/mol. The molecular weight excluding hydrogens is 388 g/mol. The lowest BCUT2D eigenvalue weighted by molar-refractivity contribution is -0.120.